The van der Waals surface area contributed by atoms with E-state index in [0.717, 1.165) is 5.56 Å². The van der Waals surface area contributed by atoms with Crippen LogP contribution in [0.3, 0.4) is 0 Å². The normalized spacial score (nSPS) is 10.1. The highest BCUT2D eigenvalue weighted by Crippen LogP contribution is 2.26. The average molecular weight is 263 g/mol. The Morgan fingerprint density at radius 1 is 1.44 bits per heavy atom. The summed E-state index contributed by atoms with van der Waals surface area (Å²) in [6.45, 7) is 0.481. The van der Waals surface area contributed by atoms with Crippen LogP contribution < -0.4 is 10.1 Å². The van der Waals surface area contributed by atoms with E-state index in [0.29, 0.717) is 17.9 Å². The molecule has 0 unspecified atom stereocenters. The zero-order chi connectivity index (χ0) is 13.0. The van der Waals surface area contributed by atoms with Gasteiger partial charge in [-0.05, 0) is 40.6 Å². The summed E-state index contributed by atoms with van der Waals surface area (Å²) in [7, 11) is 1.46. The van der Waals surface area contributed by atoms with E-state index in [-0.39, 0.29) is 11.7 Å². The van der Waals surface area contributed by atoms with Crippen molar-refractivity contribution in [3.63, 3.8) is 0 Å². The molecule has 4 nitrogen and oxygen atoms in total. The van der Waals surface area contributed by atoms with Crippen molar-refractivity contribution in [2.24, 2.45) is 0 Å². The highest BCUT2D eigenvalue weighted by molar-refractivity contribution is 7.07. The minimum Gasteiger partial charge on any atom is -0.504 e. The van der Waals surface area contributed by atoms with Gasteiger partial charge in [0.05, 0.1) is 7.11 Å². The Morgan fingerprint density at radius 3 is 2.89 bits per heavy atom. The van der Waals surface area contributed by atoms with Gasteiger partial charge in [-0.2, -0.15) is 11.3 Å². The van der Waals surface area contributed by atoms with Crippen molar-refractivity contribution in [3.8, 4) is 11.5 Å². The molecule has 0 saturated heterocycles. The molecule has 1 aromatic heterocycles. The molecule has 1 aromatic carbocycles. The first kappa shape index (κ1) is 12.4. The highest BCUT2D eigenvalue weighted by atomic mass is 32.1. The molecule has 0 fully saturated rings. The van der Waals surface area contributed by atoms with E-state index >= 15 is 0 Å². The Labute approximate surface area is 109 Å². The maximum atomic E-state index is 11.8. The molecule has 0 radical (unpaired) electrons. The highest BCUT2D eigenvalue weighted by Gasteiger charge is 2.09. The lowest BCUT2D eigenvalue weighted by Crippen LogP contribution is -2.22. The van der Waals surface area contributed by atoms with Gasteiger partial charge >= 0.3 is 0 Å². The van der Waals surface area contributed by atoms with Gasteiger partial charge in [-0.15, -0.1) is 0 Å². The molecule has 0 bridgehead atoms. The molecule has 0 saturated carbocycles. The summed E-state index contributed by atoms with van der Waals surface area (Å²) in [5.41, 5.74) is 1.47. The van der Waals surface area contributed by atoms with Crippen molar-refractivity contribution < 1.29 is 14.6 Å². The van der Waals surface area contributed by atoms with E-state index in [4.69, 9.17) is 4.74 Å². The number of carbonyl (C=O) groups excluding carboxylic acids is 1. The molecule has 18 heavy (non-hydrogen) atoms. The molecular weight excluding hydrogens is 250 g/mol. The topological polar surface area (TPSA) is 58.6 Å². The average Bonchev–Trinajstić information content (AvgIpc) is 2.89. The summed E-state index contributed by atoms with van der Waals surface area (Å²) < 4.78 is 4.92. The lowest BCUT2D eigenvalue weighted by molar-refractivity contribution is 0.0950. The summed E-state index contributed by atoms with van der Waals surface area (Å²) in [6.07, 6.45) is 0. The number of aromatic hydroxyl groups is 1. The third kappa shape index (κ3) is 2.81. The molecule has 2 aromatic rings. The number of phenols is 1. The molecule has 0 aliphatic heterocycles. The molecule has 1 heterocycles. The van der Waals surface area contributed by atoms with Gasteiger partial charge in [0.25, 0.3) is 5.91 Å². The van der Waals surface area contributed by atoms with Crippen LogP contribution in [-0.2, 0) is 6.54 Å². The van der Waals surface area contributed by atoms with Gasteiger partial charge in [0.15, 0.2) is 11.5 Å². The third-order valence-electron chi connectivity index (χ3n) is 2.47. The Balaban J connectivity index is 2.02. The maximum Gasteiger partial charge on any atom is 0.251 e. The molecule has 0 aliphatic carbocycles. The first-order chi connectivity index (χ1) is 8.70. The smallest absolute Gasteiger partial charge is 0.251 e. The second-order valence-electron chi connectivity index (χ2n) is 3.70. The van der Waals surface area contributed by atoms with Gasteiger partial charge < -0.3 is 15.2 Å². The van der Waals surface area contributed by atoms with Crippen molar-refractivity contribution in [1.82, 2.24) is 5.32 Å². The number of amides is 1. The van der Waals surface area contributed by atoms with Crippen molar-refractivity contribution in [2.45, 2.75) is 6.54 Å². The molecule has 0 atom stereocenters. The molecule has 1 amide bonds. The van der Waals surface area contributed by atoms with Crippen molar-refractivity contribution >= 4 is 17.2 Å². The summed E-state index contributed by atoms with van der Waals surface area (Å²) >= 11 is 1.59. The number of hydrogen-bond donors (Lipinski definition) is 2. The van der Waals surface area contributed by atoms with Gasteiger partial charge in [0.2, 0.25) is 0 Å². The number of thiophene rings is 1. The van der Waals surface area contributed by atoms with Gasteiger partial charge in [-0.1, -0.05) is 0 Å². The van der Waals surface area contributed by atoms with Crippen LogP contribution in [-0.4, -0.2) is 18.1 Å². The molecular formula is C13H13NO3S. The molecule has 2 N–H and O–H groups in total. The van der Waals surface area contributed by atoms with E-state index in [9.17, 15) is 9.90 Å². The standard InChI is InChI=1S/C13H13NO3S/c1-17-12-3-2-10(6-11(12)15)13(16)14-7-9-4-5-18-8-9/h2-6,8,15H,7H2,1H3,(H,14,16). The van der Waals surface area contributed by atoms with Crippen LogP contribution >= 0.6 is 11.3 Å². The first-order valence-corrected chi connectivity index (χ1v) is 6.31. The Kier molecular flexibility index (Phi) is 3.84. The van der Waals surface area contributed by atoms with Crippen LogP contribution in [0.4, 0.5) is 0 Å². The van der Waals surface area contributed by atoms with Crippen LogP contribution in [0.1, 0.15) is 15.9 Å². The lowest BCUT2D eigenvalue weighted by atomic mass is 10.2. The largest absolute Gasteiger partial charge is 0.504 e. The number of carbonyl (C=O) groups is 1. The second-order valence-corrected chi connectivity index (χ2v) is 4.48. The molecule has 5 heteroatoms. The predicted molar refractivity (Wildman–Crippen MR) is 70.1 cm³/mol. The monoisotopic (exact) mass is 263 g/mol. The predicted octanol–water partition coefficient (Wildman–Crippen LogP) is 2.39. The summed E-state index contributed by atoms with van der Waals surface area (Å²) in [5, 5.41) is 16.3. The molecule has 0 aliphatic rings. The van der Waals surface area contributed by atoms with E-state index in [2.05, 4.69) is 5.32 Å². The Bertz CT molecular complexity index is 537. The second kappa shape index (κ2) is 5.55. The van der Waals surface area contributed by atoms with Crippen molar-refractivity contribution in [1.29, 1.82) is 0 Å². The zero-order valence-corrected chi connectivity index (χ0v) is 10.7. The van der Waals surface area contributed by atoms with Crippen molar-refractivity contribution in [2.75, 3.05) is 7.11 Å². The van der Waals surface area contributed by atoms with Crippen LogP contribution in [0.25, 0.3) is 0 Å². The summed E-state index contributed by atoms with van der Waals surface area (Å²) in [4.78, 5) is 11.8. The fraction of sp³-hybridized carbons (Fsp3) is 0.154. The zero-order valence-electron chi connectivity index (χ0n) is 9.84. The Hall–Kier alpha value is -2.01. The van der Waals surface area contributed by atoms with Crippen LogP contribution in [0.5, 0.6) is 11.5 Å². The SMILES string of the molecule is COc1ccc(C(=O)NCc2ccsc2)cc1O. The summed E-state index contributed by atoms with van der Waals surface area (Å²) in [5.74, 6) is 0.0872. The number of benzene rings is 1. The van der Waals surface area contributed by atoms with E-state index in [1.807, 2.05) is 16.8 Å². The number of hydrogen-bond acceptors (Lipinski definition) is 4. The summed E-state index contributed by atoms with van der Waals surface area (Å²) in [6, 6.07) is 6.52. The van der Waals surface area contributed by atoms with E-state index in [1.54, 1.807) is 23.5 Å². The van der Waals surface area contributed by atoms with Gasteiger partial charge in [0.1, 0.15) is 0 Å². The van der Waals surface area contributed by atoms with Crippen LogP contribution in [0, 0.1) is 0 Å². The van der Waals surface area contributed by atoms with Gasteiger partial charge in [-0.25, -0.2) is 0 Å². The lowest BCUT2D eigenvalue weighted by Gasteiger charge is -2.07. The minimum atomic E-state index is -0.223. The number of phenolic OH excluding ortho intramolecular Hbond substituents is 1. The van der Waals surface area contributed by atoms with E-state index < -0.39 is 0 Å². The first-order valence-electron chi connectivity index (χ1n) is 5.37. The van der Waals surface area contributed by atoms with Crippen molar-refractivity contribution in [3.05, 3.63) is 46.2 Å². The minimum absolute atomic E-state index is 0.0410. The van der Waals surface area contributed by atoms with Gasteiger partial charge in [-0.3, -0.25) is 4.79 Å². The van der Waals surface area contributed by atoms with Crippen LogP contribution in [0.2, 0.25) is 0 Å². The fourth-order valence-corrected chi connectivity index (χ4v) is 2.18. The number of ether oxygens (including phenoxy) is 1. The fourth-order valence-electron chi connectivity index (χ4n) is 1.51. The number of methoxy groups -OCH3 is 1. The third-order valence-corrected chi connectivity index (χ3v) is 3.21. The Morgan fingerprint density at radius 2 is 2.28 bits per heavy atom. The van der Waals surface area contributed by atoms with Gasteiger partial charge in [0, 0.05) is 12.1 Å². The molecule has 0 spiro atoms. The molecule has 94 valence electrons. The van der Waals surface area contributed by atoms with E-state index in [1.165, 1.54) is 13.2 Å². The quantitative estimate of drug-likeness (QED) is 0.890. The molecule has 2 rings (SSSR count). The maximum absolute atomic E-state index is 11.8. The van der Waals surface area contributed by atoms with Crippen LogP contribution in [0.15, 0.2) is 35.0 Å². The number of nitrogens with one attached hydrogen (secondary N) is 1. The number of rotatable bonds is 4.